The van der Waals surface area contributed by atoms with Crippen molar-refractivity contribution >= 4 is 5.78 Å². The number of benzene rings is 2. The van der Waals surface area contributed by atoms with Gasteiger partial charge in [0, 0.05) is 5.56 Å². The van der Waals surface area contributed by atoms with E-state index in [0.717, 1.165) is 29.8 Å². The summed E-state index contributed by atoms with van der Waals surface area (Å²) in [6.07, 6.45) is -4.21. The highest BCUT2D eigenvalue weighted by Crippen LogP contribution is 2.29. The van der Waals surface area contributed by atoms with E-state index in [1.54, 1.807) is 24.3 Å². The van der Waals surface area contributed by atoms with Crippen molar-refractivity contribution in [1.29, 1.82) is 5.26 Å². The van der Waals surface area contributed by atoms with Gasteiger partial charge in [-0.3, -0.25) is 4.79 Å². The number of hydrogen-bond acceptors (Lipinski definition) is 2. The molecule has 0 heterocycles. The maximum absolute atomic E-state index is 12.5. The third-order valence-corrected chi connectivity index (χ3v) is 3.25. The standard InChI is InChI=1S/C17H12F3NO/c18-17(19,20)15-8-6-13(7-9-15)16(22)14(11-21)10-12-4-2-1-3-5-12/h1-9,14H,10H2. The molecule has 0 amide bonds. The summed E-state index contributed by atoms with van der Waals surface area (Å²) in [6, 6.07) is 14.9. The van der Waals surface area contributed by atoms with Crippen molar-refractivity contribution in [3.05, 3.63) is 71.3 Å². The highest BCUT2D eigenvalue weighted by molar-refractivity contribution is 5.99. The molecule has 0 saturated carbocycles. The van der Waals surface area contributed by atoms with Crippen LogP contribution in [0.3, 0.4) is 0 Å². The fourth-order valence-electron chi connectivity index (χ4n) is 2.07. The monoisotopic (exact) mass is 303 g/mol. The summed E-state index contributed by atoms with van der Waals surface area (Å²) in [6.45, 7) is 0. The van der Waals surface area contributed by atoms with Crippen molar-refractivity contribution in [3.8, 4) is 6.07 Å². The molecule has 0 fully saturated rings. The van der Waals surface area contributed by atoms with Crippen LogP contribution in [0.2, 0.25) is 0 Å². The van der Waals surface area contributed by atoms with Crippen molar-refractivity contribution in [2.45, 2.75) is 12.6 Å². The SMILES string of the molecule is N#CC(Cc1ccccc1)C(=O)c1ccc(C(F)(F)F)cc1. The maximum atomic E-state index is 12.5. The normalized spacial score (nSPS) is 12.5. The van der Waals surface area contributed by atoms with E-state index in [-0.39, 0.29) is 12.0 Å². The van der Waals surface area contributed by atoms with Crippen molar-refractivity contribution < 1.29 is 18.0 Å². The van der Waals surface area contributed by atoms with Crippen LogP contribution in [-0.2, 0) is 12.6 Å². The fraction of sp³-hybridized carbons (Fsp3) is 0.176. The first-order valence-electron chi connectivity index (χ1n) is 6.57. The minimum atomic E-state index is -4.44. The van der Waals surface area contributed by atoms with Crippen LogP contribution in [-0.4, -0.2) is 5.78 Å². The predicted molar refractivity (Wildman–Crippen MR) is 75.0 cm³/mol. The number of hydrogen-bond donors (Lipinski definition) is 0. The van der Waals surface area contributed by atoms with Crippen LogP contribution in [0, 0.1) is 17.2 Å². The molecule has 0 aliphatic heterocycles. The van der Waals surface area contributed by atoms with Crippen LogP contribution in [0.15, 0.2) is 54.6 Å². The van der Waals surface area contributed by atoms with E-state index in [1.165, 1.54) is 0 Å². The van der Waals surface area contributed by atoms with Crippen LogP contribution in [0.1, 0.15) is 21.5 Å². The maximum Gasteiger partial charge on any atom is 0.416 e. The first kappa shape index (κ1) is 15.8. The first-order valence-corrected chi connectivity index (χ1v) is 6.57. The van der Waals surface area contributed by atoms with Crippen molar-refractivity contribution in [2.75, 3.05) is 0 Å². The lowest BCUT2D eigenvalue weighted by Gasteiger charge is -2.10. The number of carbonyl (C=O) groups excluding carboxylic acids is 1. The average Bonchev–Trinajstić information content (AvgIpc) is 2.52. The lowest BCUT2D eigenvalue weighted by molar-refractivity contribution is -0.137. The molecule has 0 bridgehead atoms. The molecule has 2 aromatic rings. The first-order chi connectivity index (χ1) is 10.4. The number of nitriles is 1. The highest BCUT2D eigenvalue weighted by Gasteiger charge is 2.30. The van der Waals surface area contributed by atoms with Crippen molar-refractivity contribution in [3.63, 3.8) is 0 Å². The number of ketones is 1. The Bertz CT molecular complexity index is 685. The zero-order valence-electron chi connectivity index (χ0n) is 11.5. The van der Waals surface area contributed by atoms with Gasteiger partial charge in [0.1, 0.15) is 5.92 Å². The number of nitrogens with zero attached hydrogens (tertiary/aromatic N) is 1. The molecule has 2 aromatic carbocycles. The molecule has 2 rings (SSSR count). The van der Waals surface area contributed by atoms with Gasteiger partial charge >= 0.3 is 6.18 Å². The zero-order valence-corrected chi connectivity index (χ0v) is 11.5. The van der Waals surface area contributed by atoms with E-state index in [9.17, 15) is 18.0 Å². The van der Waals surface area contributed by atoms with Crippen molar-refractivity contribution in [1.82, 2.24) is 0 Å². The molecule has 1 atom stereocenters. The molecule has 0 saturated heterocycles. The molecule has 0 aliphatic carbocycles. The Kier molecular flexibility index (Phi) is 4.62. The predicted octanol–water partition coefficient (Wildman–Crippen LogP) is 4.27. The van der Waals surface area contributed by atoms with E-state index in [4.69, 9.17) is 5.26 Å². The van der Waals surface area contributed by atoms with Gasteiger partial charge in [-0.2, -0.15) is 18.4 Å². The highest BCUT2D eigenvalue weighted by atomic mass is 19.4. The van der Waals surface area contributed by atoms with Gasteiger partial charge in [-0.05, 0) is 24.1 Å². The van der Waals surface area contributed by atoms with Gasteiger partial charge in [-0.25, -0.2) is 0 Å². The van der Waals surface area contributed by atoms with Crippen LogP contribution < -0.4 is 0 Å². The van der Waals surface area contributed by atoms with Crippen LogP contribution in [0.4, 0.5) is 13.2 Å². The summed E-state index contributed by atoms with van der Waals surface area (Å²) < 4.78 is 37.5. The Morgan fingerprint density at radius 1 is 1.05 bits per heavy atom. The van der Waals surface area contributed by atoms with Gasteiger partial charge in [0.05, 0.1) is 11.6 Å². The molecule has 112 valence electrons. The van der Waals surface area contributed by atoms with Crippen LogP contribution >= 0.6 is 0 Å². The molecule has 0 N–H and O–H groups in total. The second-order valence-electron chi connectivity index (χ2n) is 4.81. The fourth-order valence-corrected chi connectivity index (χ4v) is 2.07. The Morgan fingerprint density at radius 2 is 1.64 bits per heavy atom. The third-order valence-electron chi connectivity index (χ3n) is 3.25. The molecular weight excluding hydrogens is 291 g/mol. The van der Waals surface area contributed by atoms with E-state index < -0.39 is 23.4 Å². The van der Waals surface area contributed by atoms with Gasteiger partial charge in [0.2, 0.25) is 0 Å². The quantitative estimate of drug-likeness (QED) is 0.791. The Labute approximate surface area is 125 Å². The topological polar surface area (TPSA) is 40.9 Å². The third kappa shape index (κ3) is 3.73. The van der Waals surface area contributed by atoms with Crippen molar-refractivity contribution in [2.24, 2.45) is 5.92 Å². The Balaban J connectivity index is 2.17. The summed E-state index contributed by atoms with van der Waals surface area (Å²) >= 11 is 0. The molecule has 0 spiro atoms. The molecule has 0 aliphatic rings. The van der Waals surface area contributed by atoms with Gasteiger partial charge in [0.25, 0.3) is 0 Å². The summed E-state index contributed by atoms with van der Waals surface area (Å²) in [5.74, 6) is -1.39. The van der Waals surface area contributed by atoms with Gasteiger partial charge < -0.3 is 0 Å². The minimum absolute atomic E-state index is 0.107. The van der Waals surface area contributed by atoms with E-state index >= 15 is 0 Å². The summed E-state index contributed by atoms with van der Waals surface area (Å²) in [5, 5.41) is 9.15. The summed E-state index contributed by atoms with van der Waals surface area (Å²) in [4.78, 5) is 12.2. The molecule has 0 radical (unpaired) electrons. The summed E-state index contributed by atoms with van der Waals surface area (Å²) in [5.41, 5.74) is 0.116. The van der Waals surface area contributed by atoms with E-state index in [2.05, 4.69) is 0 Å². The zero-order chi connectivity index (χ0) is 16.2. The number of carbonyl (C=O) groups is 1. The second-order valence-corrected chi connectivity index (χ2v) is 4.81. The molecule has 5 heteroatoms. The number of alkyl halides is 3. The molecule has 22 heavy (non-hydrogen) atoms. The van der Waals surface area contributed by atoms with E-state index in [0.29, 0.717) is 0 Å². The number of rotatable bonds is 4. The lowest BCUT2D eigenvalue weighted by atomic mass is 9.92. The van der Waals surface area contributed by atoms with Gasteiger partial charge in [-0.1, -0.05) is 42.5 Å². The Morgan fingerprint density at radius 3 is 2.14 bits per heavy atom. The smallest absolute Gasteiger partial charge is 0.293 e. The Hall–Kier alpha value is -2.61. The lowest BCUT2D eigenvalue weighted by Crippen LogP contribution is -2.16. The van der Waals surface area contributed by atoms with Crippen LogP contribution in [0.5, 0.6) is 0 Å². The number of halogens is 3. The van der Waals surface area contributed by atoms with Gasteiger partial charge in [0.15, 0.2) is 5.78 Å². The minimum Gasteiger partial charge on any atom is -0.293 e. The van der Waals surface area contributed by atoms with Crippen LogP contribution in [0.25, 0.3) is 0 Å². The number of Topliss-reactive ketones (excluding diaryl/α,β-unsaturated/α-hetero) is 1. The largest absolute Gasteiger partial charge is 0.416 e. The van der Waals surface area contributed by atoms with E-state index in [1.807, 2.05) is 12.1 Å². The average molecular weight is 303 g/mol. The van der Waals surface area contributed by atoms with Gasteiger partial charge in [-0.15, -0.1) is 0 Å². The molecular formula is C17H12F3NO. The second kappa shape index (κ2) is 6.44. The molecule has 1 unspecified atom stereocenters. The molecule has 0 aromatic heterocycles. The molecule has 2 nitrogen and oxygen atoms in total. The summed E-state index contributed by atoms with van der Waals surface area (Å²) in [7, 11) is 0.